The van der Waals surface area contributed by atoms with Crippen molar-refractivity contribution in [2.24, 2.45) is 7.05 Å². The van der Waals surface area contributed by atoms with Gasteiger partial charge in [-0.25, -0.2) is 4.98 Å². The lowest BCUT2D eigenvalue weighted by Gasteiger charge is -2.01. The minimum absolute atomic E-state index is 0.814. The van der Waals surface area contributed by atoms with Crippen LogP contribution in [-0.4, -0.2) is 9.55 Å². The highest BCUT2D eigenvalue weighted by Crippen LogP contribution is 2.12. The van der Waals surface area contributed by atoms with Crippen molar-refractivity contribution in [2.75, 3.05) is 0 Å². The van der Waals surface area contributed by atoms with Crippen LogP contribution in [0, 0.1) is 0 Å². The Morgan fingerprint density at radius 1 is 1.06 bits per heavy atom. The fourth-order valence-corrected chi connectivity index (χ4v) is 2.19. The standard InChI is InChI=1S/C15H19ClN2/c1-18-11-15(17-12-18)6-4-2-3-5-13-7-9-14(16)10-8-13/h7-12H,2-6H2,1H3. The first-order chi connectivity index (χ1) is 8.74. The lowest BCUT2D eigenvalue weighted by Crippen LogP contribution is -1.89. The normalized spacial score (nSPS) is 10.8. The van der Waals surface area contributed by atoms with Gasteiger partial charge < -0.3 is 4.57 Å². The maximum atomic E-state index is 5.86. The second kappa shape index (κ2) is 6.60. The quantitative estimate of drug-likeness (QED) is 0.719. The molecule has 1 aromatic heterocycles. The van der Waals surface area contributed by atoms with Gasteiger partial charge in [0.15, 0.2) is 0 Å². The molecule has 0 saturated carbocycles. The Kier molecular flexibility index (Phi) is 4.82. The van der Waals surface area contributed by atoms with Crippen molar-refractivity contribution in [3.63, 3.8) is 0 Å². The summed E-state index contributed by atoms with van der Waals surface area (Å²) in [7, 11) is 2.01. The van der Waals surface area contributed by atoms with Gasteiger partial charge in [0.1, 0.15) is 0 Å². The SMILES string of the molecule is Cn1cnc(CCCCCc2ccc(Cl)cc2)c1. The van der Waals surface area contributed by atoms with E-state index in [1.807, 2.05) is 30.1 Å². The van der Waals surface area contributed by atoms with Gasteiger partial charge in [-0.05, 0) is 43.4 Å². The molecule has 0 amide bonds. The zero-order chi connectivity index (χ0) is 12.8. The Balaban J connectivity index is 1.63. The second-order valence-corrected chi connectivity index (χ2v) is 5.15. The van der Waals surface area contributed by atoms with E-state index in [0.717, 1.165) is 17.9 Å². The van der Waals surface area contributed by atoms with Crippen molar-refractivity contribution in [2.45, 2.75) is 32.1 Å². The highest BCUT2D eigenvalue weighted by Gasteiger charge is 1.98. The van der Waals surface area contributed by atoms with E-state index < -0.39 is 0 Å². The van der Waals surface area contributed by atoms with E-state index >= 15 is 0 Å². The number of aryl methyl sites for hydroxylation is 3. The van der Waals surface area contributed by atoms with Crippen LogP contribution < -0.4 is 0 Å². The number of imidazole rings is 1. The van der Waals surface area contributed by atoms with Crippen molar-refractivity contribution in [3.8, 4) is 0 Å². The molecule has 0 unspecified atom stereocenters. The number of rotatable bonds is 6. The first-order valence-electron chi connectivity index (χ1n) is 6.45. The molecule has 0 radical (unpaired) electrons. The number of nitrogens with zero attached hydrogens (tertiary/aromatic N) is 2. The molecule has 0 aliphatic rings. The molecule has 0 bridgehead atoms. The number of aromatic nitrogens is 2. The van der Waals surface area contributed by atoms with Gasteiger partial charge >= 0.3 is 0 Å². The molecule has 1 heterocycles. The minimum atomic E-state index is 0.814. The van der Waals surface area contributed by atoms with Crippen LogP contribution in [0.5, 0.6) is 0 Å². The van der Waals surface area contributed by atoms with E-state index in [4.69, 9.17) is 11.6 Å². The second-order valence-electron chi connectivity index (χ2n) is 4.72. The molecule has 1 aromatic carbocycles. The predicted molar refractivity (Wildman–Crippen MR) is 75.9 cm³/mol. The minimum Gasteiger partial charge on any atom is -0.340 e. The number of hydrogen-bond donors (Lipinski definition) is 0. The van der Waals surface area contributed by atoms with Crippen LogP contribution >= 0.6 is 11.6 Å². The van der Waals surface area contributed by atoms with Gasteiger partial charge in [0, 0.05) is 18.3 Å². The lowest BCUT2D eigenvalue weighted by molar-refractivity contribution is 0.672. The summed E-state index contributed by atoms with van der Waals surface area (Å²) in [5, 5.41) is 0.814. The topological polar surface area (TPSA) is 17.8 Å². The summed E-state index contributed by atoms with van der Waals surface area (Å²) in [6.07, 6.45) is 9.88. The Morgan fingerprint density at radius 3 is 2.44 bits per heavy atom. The summed E-state index contributed by atoms with van der Waals surface area (Å²) in [5.41, 5.74) is 2.57. The van der Waals surface area contributed by atoms with Crippen LogP contribution in [0.3, 0.4) is 0 Å². The summed E-state index contributed by atoms with van der Waals surface area (Å²) in [6, 6.07) is 8.15. The molecule has 18 heavy (non-hydrogen) atoms. The zero-order valence-electron chi connectivity index (χ0n) is 10.8. The van der Waals surface area contributed by atoms with Gasteiger partial charge in [-0.15, -0.1) is 0 Å². The molecule has 0 aliphatic heterocycles. The predicted octanol–water partition coefficient (Wildman–Crippen LogP) is 4.03. The smallest absolute Gasteiger partial charge is 0.0946 e. The van der Waals surface area contributed by atoms with Crippen LogP contribution in [0.2, 0.25) is 5.02 Å². The largest absolute Gasteiger partial charge is 0.340 e. The number of halogens is 1. The van der Waals surface area contributed by atoms with Gasteiger partial charge in [-0.2, -0.15) is 0 Å². The molecule has 0 atom stereocenters. The maximum absolute atomic E-state index is 5.86. The Bertz CT molecular complexity index is 473. The Hall–Kier alpha value is -1.28. The molecular weight excluding hydrogens is 244 g/mol. The summed E-state index contributed by atoms with van der Waals surface area (Å²) >= 11 is 5.86. The highest BCUT2D eigenvalue weighted by molar-refractivity contribution is 6.30. The molecular formula is C15H19ClN2. The summed E-state index contributed by atoms with van der Waals surface area (Å²) in [5.74, 6) is 0. The third-order valence-corrected chi connectivity index (χ3v) is 3.32. The van der Waals surface area contributed by atoms with Gasteiger partial charge in [0.05, 0.1) is 12.0 Å². The van der Waals surface area contributed by atoms with Crippen molar-refractivity contribution < 1.29 is 0 Å². The molecule has 0 aliphatic carbocycles. The van der Waals surface area contributed by atoms with E-state index in [9.17, 15) is 0 Å². The van der Waals surface area contributed by atoms with E-state index in [2.05, 4.69) is 23.3 Å². The van der Waals surface area contributed by atoms with Gasteiger partial charge in [0.25, 0.3) is 0 Å². The molecule has 2 aromatic rings. The summed E-state index contributed by atoms with van der Waals surface area (Å²) in [4.78, 5) is 4.33. The Labute approximate surface area is 114 Å². The molecule has 2 rings (SSSR count). The molecule has 0 saturated heterocycles. The monoisotopic (exact) mass is 262 g/mol. The molecule has 0 fully saturated rings. The third-order valence-electron chi connectivity index (χ3n) is 3.07. The summed E-state index contributed by atoms with van der Waals surface area (Å²) in [6.45, 7) is 0. The molecule has 96 valence electrons. The fraction of sp³-hybridized carbons (Fsp3) is 0.400. The van der Waals surface area contributed by atoms with Crippen LogP contribution in [-0.2, 0) is 19.9 Å². The van der Waals surface area contributed by atoms with Crippen LogP contribution in [0.15, 0.2) is 36.8 Å². The Morgan fingerprint density at radius 2 is 1.78 bits per heavy atom. The fourth-order valence-electron chi connectivity index (χ4n) is 2.06. The molecule has 3 heteroatoms. The molecule has 0 N–H and O–H groups in total. The van der Waals surface area contributed by atoms with E-state index in [1.165, 1.54) is 30.5 Å². The summed E-state index contributed by atoms with van der Waals surface area (Å²) < 4.78 is 2.00. The number of unbranched alkanes of at least 4 members (excludes halogenated alkanes) is 2. The van der Waals surface area contributed by atoms with E-state index in [1.54, 1.807) is 0 Å². The maximum Gasteiger partial charge on any atom is 0.0946 e. The average molecular weight is 263 g/mol. The third kappa shape index (κ3) is 4.19. The van der Waals surface area contributed by atoms with Crippen molar-refractivity contribution >= 4 is 11.6 Å². The number of benzene rings is 1. The van der Waals surface area contributed by atoms with E-state index in [0.29, 0.717) is 0 Å². The zero-order valence-corrected chi connectivity index (χ0v) is 11.5. The van der Waals surface area contributed by atoms with Gasteiger partial charge in [-0.3, -0.25) is 0 Å². The van der Waals surface area contributed by atoms with Crippen LogP contribution in [0.1, 0.15) is 30.5 Å². The van der Waals surface area contributed by atoms with Crippen LogP contribution in [0.4, 0.5) is 0 Å². The van der Waals surface area contributed by atoms with E-state index in [-0.39, 0.29) is 0 Å². The average Bonchev–Trinajstić information content (AvgIpc) is 2.77. The lowest BCUT2D eigenvalue weighted by atomic mass is 10.1. The first-order valence-corrected chi connectivity index (χ1v) is 6.83. The van der Waals surface area contributed by atoms with Crippen LogP contribution in [0.25, 0.3) is 0 Å². The molecule has 0 spiro atoms. The van der Waals surface area contributed by atoms with Crippen molar-refractivity contribution in [1.82, 2.24) is 9.55 Å². The van der Waals surface area contributed by atoms with Gasteiger partial charge in [-0.1, -0.05) is 30.2 Å². The van der Waals surface area contributed by atoms with Crippen molar-refractivity contribution in [3.05, 3.63) is 53.1 Å². The highest BCUT2D eigenvalue weighted by atomic mass is 35.5. The first kappa shape index (κ1) is 13.2. The number of hydrogen-bond acceptors (Lipinski definition) is 1. The molecule has 2 nitrogen and oxygen atoms in total. The van der Waals surface area contributed by atoms with Crippen molar-refractivity contribution in [1.29, 1.82) is 0 Å². The van der Waals surface area contributed by atoms with Gasteiger partial charge in [0.2, 0.25) is 0 Å².